The third-order valence-corrected chi connectivity index (χ3v) is 2.82. The van der Waals surface area contributed by atoms with Gasteiger partial charge >= 0.3 is 5.82 Å². The Labute approximate surface area is 92.4 Å². The normalized spacial score (nSPS) is 13.4. The zero-order valence-corrected chi connectivity index (χ0v) is 9.15. The van der Waals surface area contributed by atoms with Crippen molar-refractivity contribution in [1.82, 2.24) is 4.98 Å². The summed E-state index contributed by atoms with van der Waals surface area (Å²) in [5.74, 6) is 8.19. The number of ether oxygens (including phenoxy) is 2. The first kappa shape index (κ1) is 9.21. The average molecular weight is 218 g/mol. The number of aromatic nitrogens is 2. The minimum Gasteiger partial charge on any atom is -0.454 e. The molecule has 16 heavy (non-hydrogen) atoms. The summed E-state index contributed by atoms with van der Waals surface area (Å²) in [5.41, 5.74) is 1.83. The molecule has 0 atom stereocenters. The third-order valence-electron chi connectivity index (χ3n) is 2.82. The van der Waals surface area contributed by atoms with Crippen LogP contribution in [0.3, 0.4) is 0 Å². The number of rotatable bonds is 0. The Hall–Kier alpha value is -2.04. The predicted molar refractivity (Wildman–Crippen MR) is 57.7 cm³/mol. The molecular formula is C11H12N3O2+. The second-order valence-corrected chi connectivity index (χ2v) is 3.84. The Balaban J connectivity index is 2.43. The molecule has 5 heteroatoms. The number of hydrogen-bond donors (Lipinski definition) is 1. The second-order valence-electron chi connectivity index (χ2n) is 3.84. The molecule has 1 aromatic heterocycles. The Morgan fingerprint density at radius 3 is 2.69 bits per heavy atom. The number of aryl methyl sites for hydroxylation is 2. The van der Waals surface area contributed by atoms with Crippen molar-refractivity contribution < 1.29 is 14.1 Å². The number of nitrogen functional groups attached to an aromatic ring is 1. The van der Waals surface area contributed by atoms with Crippen LogP contribution in [-0.2, 0) is 0 Å². The van der Waals surface area contributed by atoms with Crippen LogP contribution >= 0.6 is 0 Å². The van der Waals surface area contributed by atoms with E-state index in [9.17, 15) is 0 Å². The van der Waals surface area contributed by atoms with Crippen molar-refractivity contribution in [2.75, 3.05) is 12.6 Å². The van der Waals surface area contributed by atoms with Crippen LogP contribution in [0.1, 0.15) is 11.5 Å². The minimum absolute atomic E-state index is 0.266. The standard InChI is InChI=1S/C11H12N3O2/c1-6-8-3-10-11(16-5-15-10)4-9(8)14(12)7(2)13-6/h3-4H,5,12H2,1-2H3/q+1. The van der Waals surface area contributed by atoms with E-state index in [0.717, 1.165) is 33.9 Å². The van der Waals surface area contributed by atoms with Gasteiger partial charge in [0.05, 0.1) is 5.39 Å². The van der Waals surface area contributed by atoms with E-state index in [-0.39, 0.29) is 6.79 Å². The SMILES string of the molecule is Cc1nc(C)[n+](N)c2cc3c(cc12)OCO3. The van der Waals surface area contributed by atoms with Gasteiger partial charge in [-0.2, -0.15) is 0 Å². The molecular weight excluding hydrogens is 206 g/mol. The van der Waals surface area contributed by atoms with E-state index in [0.29, 0.717) is 0 Å². The van der Waals surface area contributed by atoms with Crippen LogP contribution in [0, 0.1) is 13.8 Å². The van der Waals surface area contributed by atoms with Gasteiger partial charge in [-0.05, 0) is 11.1 Å². The molecule has 82 valence electrons. The molecule has 1 aromatic carbocycles. The first-order valence-electron chi connectivity index (χ1n) is 5.04. The van der Waals surface area contributed by atoms with Gasteiger partial charge in [-0.25, -0.2) is 0 Å². The topological polar surface area (TPSA) is 61.2 Å². The number of fused-ring (bicyclic) bond motifs is 2. The van der Waals surface area contributed by atoms with Gasteiger partial charge < -0.3 is 9.47 Å². The Kier molecular flexibility index (Phi) is 1.71. The first-order chi connectivity index (χ1) is 7.66. The molecule has 0 aliphatic carbocycles. The highest BCUT2D eigenvalue weighted by molar-refractivity contribution is 5.82. The molecule has 0 bridgehead atoms. The van der Waals surface area contributed by atoms with E-state index in [1.807, 2.05) is 26.0 Å². The molecule has 5 nitrogen and oxygen atoms in total. The summed E-state index contributed by atoms with van der Waals surface area (Å²) in [7, 11) is 0. The quantitative estimate of drug-likeness (QED) is 0.519. The fourth-order valence-electron chi connectivity index (χ4n) is 1.95. The second kappa shape index (κ2) is 2.98. The molecule has 0 saturated carbocycles. The summed E-state index contributed by atoms with van der Waals surface area (Å²) in [4.78, 5) is 4.37. The van der Waals surface area contributed by atoms with Crippen LogP contribution in [-0.4, -0.2) is 11.8 Å². The van der Waals surface area contributed by atoms with Gasteiger partial charge in [0, 0.05) is 19.9 Å². The summed E-state index contributed by atoms with van der Waals surface area (Å²) >= 11 is 0. The number of hydrogen-bond acceptors (Lipinski definition) is 4. The lowest BCUT2D eigenvalue weighted by Gasteiger charge is -2.03. The van der Waals surface area contributed by atoms with Crippen molar-refractivity contribution in [2.45, 2.75) is 13.8 Å². The number of nitrogens with two attached hydrogens (primary N) is 1. The van der Waals surface area contributed by atoms with Gasteiger partial charge in [-0.15, -0.1) is 4.68 Å². The summed E-state index contributed by atoms with van der Waals surface area (Å²) in [6.07, 6.45) is 0. The highest BCUT2D eigenvalue weighted by Gasteiger charge is 2.21. The lowest BCUT2D eigenvalue weighted by molar-refractivity contribution is -0.621. The molecule has 3 rings (SSSR count). The van der Waals surface area contributed by atoms with Crippen LogP contribution in [0.25, 0.3) is 10.9 Å². The molecule has 1 aliphatic heterocycles. The molecule has 0 radical (unpaired) electrons. The molecule has 2 aromatic rings. The van der Waals surface area contributed by atoms with Crippen molar-refractivity contribution in [2.24, 2.45) is 0 Å². The van der Waals surface area contributed by atoms with Gasteiger partial charge in [0.2, 0.25) is 6.79 Å². The highest BCUT2D eigenvalue weighted by atomic mass is 16.7. The monoisotopic (exact) mass is 218 g/mol. The Bertz CT molecular complexity index is 596. The van der Waals surface area contributed by atoms with Crippen molar-refractivity contribution in [3.05, 3.63) is 23.7 Å². The summed E-state index contributed by atoms with van der Waals surface area (Å²) in [6.45, 7) is 4.09. The van der Waals surface area contributed by atoms with Gasteiger partial charge in [0.15, 0.2) is 22.7 Å². The zero-order valence-electron chi connectivity index (χ0n) is 9.15. The van der Waals surface area contributed by atoms with Gasteiger partial charge in [-0.3, -0.25) is 5.84 Å². The maximum atomic E-state index is 5.94. The molecule has 0 unspecified atom stereocenters. The van der Waals surface area contributed by atoms with E-state index in [1.165, 1.54) is 0 Å². The molecule has 0 spiro atoms. The van der Waals surface area contributed by atoms with E-state index in [4.69, 9.17) is 15.3 Å². The van der Waals surface area contributed by atoms with Crippen molar-refractivity contribution in [1.29, 1.82) is 0 Å². The van der Waals surface area contributed by atoms with Crippen LogP contribution in [0.4, 0.5) is 0 Å². The molecule has 0 amide bonds. The van der Waals surface area contributed by atoms with Crippen molar-refractivity contribution in [3.63, 3.8) is 0 Å². The summed E-state index contributed by atoms with van der Waals surface area (Å²) in [5, 5.41) is 0.984. The van der Waals surface area contributed by atoms with Crippen LogP contribution in [0.5, 0.6) is 11.5 Å². The van der Waals surface area contributed by atoms with E-state index < -0.39 is 0 Å². The van der Waals surface area contributed by atoms with Gasteiger partial charge in [-0.1, -0.05) is 0 Å². The molecule has 2 N–H and O–H groups in total. The third kappa shape index (κ3) is 1.11. The Morgan fingerprint density at radius 1 is 1.25 bits per heavy atom. The fraction of sp³-hybridized carbons (Fsp3) is 0.273. The fourth-order valence-corrected chi connectivity index (χ4v) is 1.95. The predicted octanol–water partition coefficient (Wildman–Crippen LogP) is 0.582. The van der Waals surface area contributed by atoms with E-state index >= 15 is 0 Å². The van der Waals surface area contributed by atoms with Crippen molar-refractivity contribution >= 4 is 10.9 Å². The Morgan fingerprint density at radius 2 is 1.94 bits per heavy atom. The molecule has 1 aliphatic rings. The molecule has 2 heterocycles. The summed E-state index contributed by atoms with van der Waals surface area (Å²) < 4.78 is 12.2. The van der Waals surface area contributed by atoms with Gasteiger partial charge in [0.1, 0.15) is 0 Å². The zero-order chi connectivity index (χ0) is 11.3. The van der Waals surface area contributed by atoms with Gasteiger partial charge in [0.25, 0.3) is 0 Å². The first-order valence-corrected chi connectivity index (χ1v) is 5.04. The summed E-state index contributed by atoms with van der Waals surface area (Å²) in [6, 6.07) is 3.81. The minimum atomic E-state index is 0.266. The smallest absolute Gasteiger partial charge is 0.318 e. The lowest BCUT2D eigenvalue weighted by Crippen LogP contribution is -2.48. The van der Waals surface area contributed by atoms with E-state index in [1.54, 1.807) is 4.68 Å². The van der Waals surface area contributed by atoms with Crippen LogP contribution < -0.4 is 20.0 Å². The maximum absolute atomic E-state index is 5.94. The largest absolute Gasteiger partial charge is 0.454 e. The molecule has 0 saturated heterocycles. The van der Waals surface area contributed by atoms with Crippen LogP contribution in [0.15, 0.2) is 12.1 Å². The van der Waals surface area contributed by atoms with Crippen LogP contribution in [0.2, 0.25) is 0 Å². The number of benzene rings is 1. The maximum Gasteiger partial charge on any atom is 0.318 e. The van der Waals surface area contributed by atoms with E-state index in [2.05, 4.69) is 4.98 Å². The van der Waals surface area contributed by atoms with Crippen molar-refractivity contribution in [3.8, 4) is 11.5 Å². The molecule has 0 fully saturated rings. The lowest BCUT2D eigenvalue weighted by atomic mass is 10.1. The highest BCUT2D eigenvalue weighted by Crippen LogP contribution is 2.35. The number of nitrogens with zero attached hydrogens (tertiary/aromatic N) is 2. The average Bonchev–Trinajstić information content (AvgIpc) is 2.71.